The molecule has 1 aromatic heterocycles. The van der Waals surface area contributed by atoms with Crippen LogP contribution in [0.2, 0.25) is 0 Å². The van der Waals surface area contributed by atoms with Crippen molar-refractivity contribution in [3.05, 3.63) is 53.3 Å². The van der Waals surface area contributed by atoms with E-state index in [2.05, 4.69) is 15.5 Å². The fourth-order valence-corrected chi connectivity index (χ4v) is 2.13. The van der Waals surface area contributed by atoms with Crippen molar-refractivity contribution in [3.63, 3.8) is 0 Å². The summed E-state index contributed by atoms with van der Waals surface area (Å²) in [6.45, 7) is 3.79. The number of tetrazole rings is 1. The van der Waals surface area contributed by atoms with Gasteiger partial charge in [0.05, 0.1) is 0 Å². The zero-order chi connectivity index (χ0) is 15.0. The number of benzene rings is 2. The van der Waals surface area contributed by atoms with Crippen LogP contribution in [-0.4, -0.2) is 20.2 Å². The molecule has 0 radical (unpaired) electrons. The van der Waals surface area contributed by atoms with Crippen LogP contribution < -0.4 is 5.73 Å². The molecule has 6 heteroatoms. The van der Waals surface area contributed by atoms with Crippen molar-refractivity contribution in [2.24, 2.45) is 0 Å². The standard InChI is InChI=1S/C15H14FN5/c1-9-3-5-12(16)14(7-9)21-15(18-19-20-21)11-4-6-13(17)10(2)8-11/h3-8H,17H2,1-2H3. The summed E-state index contributed by atoms with van der Waals surface area (Å²) in [5, 5.41) is 11.6. The lowest BCUT2D eigenvalue weighted by Gasteiger charge is -2.08. The maximum Gasteiger partial charge on any atom is 0.187 e. The Kier molecular flexibility index (Phi) is 3.13. The molecular formula is C15H14FN5. The lowest BCUT2D eigenvalue weighted by atomic mass is 10.1. The van der Waals surface area contributed by atoms with Crippen molar-refractivity contribution in [2.45, 2.75) is 13.8 Å². The lowest BCUT2D eigenvalue weighted by molar-refractivity contribution is 0.607. The zero-order valence-electron chi connectivity index (χ0n) is 11.7. The van der Waals surface area contributed by atoms with Crippen LogP contribution in [0, 0.1) is 19.7 Å². The predicted molar refractivity (Wildman–Crippen MR) is 78.4 cm³/mol. The molecule has 0 spiro atoms. The van der Waals surface area contributed by atoms with Gasteiger partial charge in [0.15, 0.2) is 5.82 Å². The fraction of sp³-hybridized carbons (Fsp3) is 0.133. The third-order valence-corrected chi connectivity index (χ3v) is 3.33. The molecule has 2 aromatic carbocycles. The molecule has 0 amide bonds. The van der Waals surface area contributed by atoms with E-state index in [4.69, 9.17) is 5.73 Å². The third kappa shape index (κ3) is 2.35. The average molecular weight is 283 g/mol. The van der Waals surface area contributed by atoms with E-state index < -0.39 is 0 Å². The van der Waals surface area contributed by atoms with Crippen LogP contribution in [0.3, 0.4) is 0 Å². The van der Waals surface area contributed by atoms with Crippen LogP contribution >= 0.6 is 0 Å². The van der Waals surface area contributed by atoms with Crippen molar-refractivity contribution < 1.29 is 4.39 Å². The molecule has 1 heterocycles. The quantitative estimate of drug-likeness (QED) is 0.734. The Hall–Kier alpha value is -2.76. The van der Waals surface area contributed by atoms with Gasteiger partial charge in [0.1, 0.15) is 11.5 Å². The number of hydrogen-bond acceptors (Lipinski definition) is 4. The largest absolute Gasteiger partial charge is 0.399 e. The van der Waals surface area contributed by atoms with Crippen molar-refractivity contribution >= 4 is 5.69 Å². The second-order valence-corrected chi connectivity index (χ2v) is 4.94. The highest BCUT2D eigenvalue weighted by atomic mass is 19.1. The van der Waals surface area contributed by atoms with Gasteiger partial charge in [-0.05, 0) is 65.7 Å². The normalized spacial score (nSPS) is 10.8. The van der Waals surface area contributed by atoms with Crippen molar-refractivity contribution in [1.29, 1.82) is 0 Å². The second-order valence-electron chi connectivity index (χ2n) is 4.94. The number of nitrogens with zero attached hydrogens (tertiary/aromatic N) is 4. The minimum atomic E-state index is -0.374. The molecule has 3 rings (SSSR count). The Balaban J connectivity index is 2.17. The van der Waals surface area contributed by atoms with E-state index in [0.717, 1.165) is 16.7 Å². The van der Waals surface area contributed by atoms with Crippen LogP contribution in [0.5, 0.6) is 0 Å². The van der Waals surface area contributed by atoms with Crippen molar-refractivity contribution in [3.8, 4) is 17.1 Å². The Morgan fingerprint density at radius 3 is 2.67 bits per heavy atom. The van der Waals surface area contributed by atoms with E-state index in [1.807, 2.05) is 26.0 Å². The number of rotatable bonds is 2. The summed E-state index contributed by atoms with van der Waals surface area (Å²) in [6.07, 6.45) is 0. The third-order valence-electron chi connectivity index (χ3n) is 3.33. The molecule has 0 atom stereocenters. The van der Waals surface area contributed by atoms with E-state index in [9.17, 15) is 4.39 Å². The van der Waals surface area contributed by atoms with Gasteiger partial charge in [-0.15, -0.1) is 5.10 Å². The minimum Gasteiger partial charge on any atom is -0.399 e. The topological polar surface area (TPSA) is 69.6 Å². The van der Waals surface area contributed by atoms with E-state index in [1.165, 1.54) is 10.7 Å². The summed E-state index contributed by atoms with van der Waals surface area (Å²) >= 11 is 0. The molecule has 0 aliphatic rings. The summed E-state index contributed by atoms with van der Waals surface area (Å²) in [7, 11) is 0. The highest BCUT2D eigenvalue weighted by molar-refractivity contribution is 5.63. The summed E-state index contributed by atoms with van der Waals surface area (Å²) < 4.78 is 15.4. The molecular weight excluding hydrogens is 269 g/mol. The van der Waals surface area contributed by atoms with Gasteiger partial charge in [-0.1, -0.05) is 6.07 Å². The second kappa shape index (κ2) is 4.97. The first-order valence-corrected chi connectivity index (χ1v) is 6.47. The molecule has 0 aliphatic carbocycles. The van der Waals surface area contributed by atoms with Gasteiger partial charge < -0.3 is 5.73 Å². The van der Waals surface area contributed by atoms with Crippen molar-refractivity contribution in [1.82, 2.24) is 20.2 Å². The van der Waals surface area contributed by atoms with Gasteiger partial charge in [-0.25, -0.2) is 4.39 Å². The average Bonchev–Trinajstić information content (AvgIpc) is 2.93. The zero-order valence-corrected chi connectivity index (χ0v) is 11.7. The van der Waals surface area contributed by atoms with Gasteiger partial charge in [-0.2, -0.15) is 4.68 Å². The molecule has 106 valence electrons. The Morgan fingerprint density at radius 2 is 1.90 bits per heavy atom. The SMILES string of the molecule is Cc1ccc(F)c(-n2nnnc2-c2ccc(N)c(C)c2)c1. The van der Waals surface area contributed by atoms with Gasteiger partial charge in [0, 0.05) is 11.3 Å². The smallest absolute Gasteiger partial charge is 0.187 e. The monoisotopic (exact) mass is 283 g/mol. The molecule has 21 heavy (non-hydrogen) atoms. The number of nitrogens with two attached hydrogens (primary N) is 1. The number of halogens is 1. The molecule has 0 aliphatic heterocycles. The van der Waals surface area contributed by atoms with Crippen LogP contribution in [0.15, 0.2) is 36.4 Å². The Bertz CT molecular complexity index is 810. The first kappa shape index (κ1) is 13.2. The summed E-state index contributed by atoms with van der Waals surface area (Å²) in [5.74, 6) is 0.101. The molecule has 3 aromatic rings. The van der Waals surface area contributed by atoms with Gasteiger partial charge >= 0.3 is 0 Å². The molecule has 0 fully saturated rings. The first-order valence-electron chi connectivity index (χ1n) is 6.47. The van der Waals surface area contributed by atoms with E-state index in [1.54, 1.807) is 18.2 Å². The Morgan fingerprint density at radius 1 is 1.10 bits per heavy atom. The van der Waals surface area contributed by atoms with E-state index in [-0.39, 0.29) is 5.82 Å². The molecule has 0 unspecified atom stereocenters. The molecule has 0 saturated carbocycles. The van der Waals surface area contributed by atoms with E-state index in [0.29, 0.717) is 17.2 Å². The minimum absolute atomic E-state index is 0.324. The maximum absolute atomic E-state index is 14.0. The first-order chi connectivity index (χ1) is 10.1. The molecule has 0 saturated heterocycles. The van der Waals surface area contributed by atoms with Crippen LogP contribution in [0.1, 0.15) is 11.1 Å². The van der Waals surface area contributed by atoms with Gasteiger partial charge in [0.25, 0.3) is 0 Å². The number of anilines is 1. The number of aromatic nitrogens is 4. The highest BCUT2D eigenvalue weighted by Gasteiger charge is 2.14. The lowest BCUT2D eigenvalue weighted by Crippen LogP contribution is -2.03. The van der Waals surface area contributed by atoms with Crippen molar-refractivity contribution in [2.75, 3.05) is 5.73 Å². The predicted octanol–water partition coefficient (Wildman–Crippen LogP) is 2.67. The fourth-order valence-electron chi connectivity index (χ4n) is 2.13. The maximum atomic E-state index is 14.0. The van der Waals surface area contributed by atoms with Crippen LogP contribution in [0.25, 0.3) is 17.1 Å². The van der Waals surface area contributed by atoms with Crippen LogP contribution in [-0.2, 0) is 0 Å². The number of nitrogen functional groups attached to an aromatic ring is 1. The molecule has 5 nitrogen and oxygen atoms in total. The molecule has 0 bridgehead atoms. The summed E-state index contributed by atoms with van der Waals surface area (Å²) in [6, 6.07) is 10.3. The number of aryl methyl sites for hydroxylation is 2. The Labute approximate surface area is 121 Å². The summed E-state index contributed by atoms with van der Waals surface area (Å²) in [5.41, 5.74) is 9.47. The van der Waals surface area contributed by atoms with Crippen LogP contribution in [0.4, 0.5) is 10.1 Å². The van der Waals surface area contributed by atoms with E-state index >= 15 is 0 Å². The van der Waals surface area contributed by atoms with Gasteiger partial charge in [-0.3, -0.25) is 0 Å². The number of hydrogen-bond donors (Lipinski definition) is 1. The highest BCUT2D eigenvalue weighted by Crippen LogP contribution is 2.24. The van der Waals surface area contributed by atoms with Gasteiger partial charge in [0.2, 0.25) is 0 Å². The molecule has 2 N–H and O–H groups in total. The summed E-state index contributed by atoms with van der Waals surface area (Å²) in [4.78, 5) is 0.